The van der Waals surface area contributed by atoms with Gasteiger partial charge in [-0.05, 0) is 25.0 Å². The summed E-state index contributed by atoms with van der Waals surface area (Å²) in [6.45, 7) is 0. The van der Waals surface area contributed by atoms with Crippen molar-refractivity contribution in [3.63, 3.8) is 0 Å². The Morgan fingerprint density at radius 1 is 1.35 bits per heavy atom. The molecule has 0 aliphatic carbocycles. The number of aliphatic carboxylic acids is 1. The molecule has 1 aromatic carbocycles. The maximum atomic E-state index is 12.3. The fourth-order valence-corrected chi connectivity index (χ4v) is 2.55. The average Bonchev–Trinajstić information content (AvgIpc) is 2.63. The molecule has 1 saturated heterocycles. The maximum absolute atomic E-state index is 12.3. The van der Waals surface area contributed by atoms with Crippen molar-refractivity contribution in [2.24, 2.45) is 5.73 Å². The largest absolute Gasteiger partial charge is 0.481 e. The lowest BCUT2D eigenvalue weighted by atomic mass is 10.0. The fraction of sp³-hybridized carbons (Fsp3) is 0.429. The average molecular weight is 277 g/mol. The molecule has 0 saturated carbocycles. The summed E-state index contributed by atoms with van der Waals surface area (Å²) in [5.41, 5.74) is 6.75. The highest BCUT2D eigenvalue weighted by molar-refractivity contribution is 5.99. The van der Waals surface area contributed by atoms with Crippen LogP contribution in [0.3, 0.4) is 0 Å². The Balaban J connectivity index is 2.10. The standard InChI is InChI=1S/C14H19N3O3/c1-16-11(8-5-9-12(18)19)13(15)14(20)17(16)10-6-3-2-4-7-10/h2-4,6-7,11,13H,5,8-9,15H2,1H3,(H,18,19). The van der Waals surface area contributed by atoms with Gasteiger partial charge in [-0.15, -0.1) is 0 Å². The predicted molar refractivity (Wildman–Crippen MR) is 74.9 cm³/mol. The van der Waals surface area contributed by atoms with Crippen molar-refractivity contribution in [3.05, 3.63) is 30.3 Å². The van der Waals surface area contributed by atoms with Gasteiger partial charge in [0.1, 0.15) is 6.04 Å². The molecular formula is C14H19N3O3. The molecule has 1 amide bonds. The predicted octanol–water partition coefficient (Wildman–Crippen LogP) is 0.831. The van der Waals surface area contributed by atoms with Crippen molar-refractivity contribution in [2.75, 3.05) is 12.1 Å². The number of nitrogens with two attached hydrogens (primary N) is 1. The van der Waals surface area contributed by atoms with Gasteiger partial charge in [-0.3, -0.25) is 9.59 Å². The molecule has 0 radical (unpaired) electrons. The molecule has 0 spiro atoms. The van der Waals surface area contributed by atoms with Crippen LogP contribution in [0.2, 0.25) is 0 Å². The molecule has 0 bridgehead atoms. The minimum atomic E-state index is -0.828. The van der Waals surface area contributed by atoms with E-state index in [4.69, 9.17) is 10.8 Å². The Labute approximate surface area is 117 Å². The van der Waals surface area contributed by atoms with E-state index in [0.29, 0.717) is 12.8 Å². The van der Waals surface area contributed by atoms with Crippen LogP contribution in [0.1, 0.15) is 19.3 Å². The first-order chi connectivity index (χ1) is 9.52. The minimum absolute atomic E-state index is 0.0938. The number of carbonyl (C=O) groups excluding carboxylic acids is 1. The van der Waals surface area contributed by atoms with Crippen LogP contribution in [0.4, 0.5) is 5.69 Å². The number of benzene rings is 1. The number of hydrogen-bond donors (Lipinski definition) is 2. The molecule has 1 heterocycles. The van der Waals surface area contributed by atoms with Gasteiger partial charge in [0.15, 0.2) is 0 Å². The summed E-state index contributed by atoms with van der Waals surface area (Å²) >= 11 is 0. The first kappa shape index (κ1) is 14.5. The normalized spacial score (nSPS) is 23.3. The number of hydrogen-bond acceptors (Lipinski definition) is 4. The number of anilines is 1. The van der Waals surface area contributed by atoms with E-state index < -0.39 is 12.0 Å². The van der Waals surface area contributed by atoms with Crippen LogP contribution in [-0.4, -0.2) is 41.1 Å². The van der Waals surface area contributed by atoms with Gasteiger partial charge in [0, 0.05) is 13.5 Å². The van der Waals surface area contributed by atoms with Gasteiger partial charge in [0.05, 0.1) is 11.7 Å². The second kappa shape index (κ2) is 6.02. The molecule has 3 N–H and O–H groups in total. The van der Waals surface area contributed by atoms with Crippen LogP contribution < -0.4 is 10.7 Å². The van der Waals surface area contributed by atoms with Crippen LogP contribution >= 0.6 is 0 Å². The number of amides is 1. The summed E-state index contributed by atoms with van der Waals surface area (Å²) in [6.07, 6.45) is 1.18. The fourth-order valence-electron chi connectivity index (χ4n) is 2.55. The van der Waals surface area contributed by atoms with Crippen molar-refractivity contribution < 1.29 is 14.7 Å². The molecule has 20 heavy (non-hydrogen) atoms. The van der Waals surface area contributed by atoms with E-state index in [1.165, 1.54) is 0 Å². The molecule has 6 nitrogen and oxygen atoms in total. The monoisotopic (exact) mass is 277 g/mol. The smallest absolute Gasteiger partial charge is 0.303 e. The van der Waals surface area contributed by atoms with E-state index >= 15 is 0 Å². The molecule has 0 aromatic heterocycles. The molecular weight excluding hydrogens is 258 g/mol. The molecule has 1 fully saturated rings. The number of carboxylic acid groups (broad SMARTS) is 1. The van der Waals surface area contributed by atoms with Crippen LogP contribution in [0, 0.1) is 0 Å². The zero-order valence-corrected chi connectivity index (χ0v) is 11.4. The lowest BCUT2D eigenvalue weighted by molar-refractivity contribution is -0.137. The van der Waals surface area contributed by atoms with Crippen molar-refractivity contribution in [2.45, 2.75) is 31.3 Å². The minimum Gasteiger partial charge on any atom is -0.481 e. The van der Waals surface area contributed by atoms with E-state index in [1.54, 1.807) is 5.01 Å². The number of carbonyl (C=O) groups is 2. The van der Waals surface area contributed by atoms with Crippen molar-refractivity contribution in [3.8, 4) is 0 Å². The third-order valence-corrected chi connectivity index (χ3v) is 3.60. The Morgan fingerprint density at radius 3 is 2.60 bits per heavy atom. The number of rotatable bonds is 5. The summed E-state index contributed by atoms with van der Waals surface area (Å²) in [7, 11) is 1.81. The molecule has 1 aromatic rings. The Morgan fingerprint density at radius 2 is 2.00 bits per heavy atom. The summed E-state index contributed by atoms with van der Waals surface area (Å²) in [5, 5.41) is 12.1. The highest BCUT2D eigenvalue weighted by Gasteiger charge is 2.42. The van der Waals surface area contributed by atoms with E-state index in [1.807, 2.05) is 42.4 Å². The maximum Gasteiger partial charge on any atom is 0.303 e. The van der Waals surface area contributed by atoms with Crippen molar-refractivity contribution in [1.82, 2.24) is 5.01 Å². The number of likely N-dealkylation sites (N-methyl/N-ethyl adjacent to an activating group) is 1. The quantitative estimate of drug-likeness (QED) is 0.832. The SMILES string of the molecule is CN1C(CCCC(=O)O)C(N)C(=O)N1c1ccccc1. The number of hydrazine groups is 1. The van der Waals surface area contributed by atoms with Gasteiger partial charge in [-0.1, -0.05) is 18.2 Å². The first-order valence-electron chi connectivity index (χ1n) is 6.61. The molecule has 1 aliphatic rings. The van der Waals surface area contributed by atoms with E-state index in [9.17, 15) is 9.59 Å². The topological polar surface area (TPSA) is 86.9 Å². The van der Waals surface area contributed by atoms with Gasteiger partial charge >= 0.3 is 5.97 Å². The van der Waals surface area contributed by atoms with Crippen LogP contribution in [-0.2, 0) is 9.59 Å². The number of para-hydroxylation sites is 1. The third kappa shape index (κ3) is 2.81. The first-order valence-corrected chi connectivity index (χ1v) is 6.61. The zero-order chi connectivity index (χ0) is 14.7. The highest BCUT2D eigenvalue weighted by atomic mass is 16.4. The zero-order valence-electron chi connectivity index (χ0n) is 11.4. The third-order valence-electron chi connectivity index (χ3n) is 3.60. The van der Waals surface area contributed by atoms with Crippen molar-refractivity contribution in [1.29, 1.82) is 0 Å². The molecule has 108 valence electrons. The van der Waals surface area contributed by atoms with Crippen LogP contribution in [0.5, 0.6) is 0 Å². The van der Waals surface area contributed by atoms with Gasteiger partial charge in [0.25, 0.3) is 5.91 Å². The summed E-state index contributed by atoms with van der Waals surface area (Å²) in [5.74, 6) is -0.982. The highest BCUT2D eigenvalue weighted by Crippen LogP contribution is 2.27. The number of carboxylic acids is 1. The summed E-state index contributed by atoms with van der Waals surface area (Å²) in [6, 6.07) is 8.52. The lowest BCUT2D eigenvalue weighted by Gasteiger charge is -2.28. The molecule has 2 rings (SSSR count). The van der Waals surface area contributed by atoms with Gasteiger partial charge in [-0.2, -0.15) is 0 Å². The molecule has 6 heteroatoms. The molecule has 2 atom stereocenters. The van der Waals surface area contributed by atoms with Crippen LogP contribution in [0.25, 0.3) is 0 Å². The lowest BCUT2D eigenvalue weighted by Crippen LogP contribution is -2.40. The van der Waals surface area contributed by atoms with E-state index in [0.717, 1.165) is 5.69 Å². The summed E-state index contributed by atoms with van der Waals surface area (Å²) in [4.78, 5) is 22.8. The van der Waals surface area contributed by atoms with Gasteiger partial charge < -0.3 is 10.8 Å². The van der Waals surface area contributed by atoms with Gasteiger partial charge in [-0.25, -0.2) is 10.0 Å². The van der Waals surface area contributed by atoms with E-state index in [2.05, 4.69) is 0 Å². The Kier molecular flexibility index (Phi) is 4.36. The molecule has 1 aliphatic heterocycles. The molecule has 2 unspecified atom stereocenters. The van der Waals surface area contributed by atoms with Crippen LogP contribution in [0.15, 0.2) is 30.3 Å². The second-order valence-electron chi connectivity index (χ2n) is 4.94. The Bertz CT molecular complexity index is 492. The van der Waals surface area contributed by atoms with Crippen molar-refractivity contribution >= 4 is 17.6 Å². The number of nitrogens with zero attached hydrogens (tertiary/aromatic N) is 2. The van der Waals surface area contributed by atoms with E-state index in [-0.39, 0.29) is 18.4 Å². The summed E-state index contributed by atoms with van der Waals surface area (Å²) < 4.78 is 0. The Hall–Kier alpha value is -1.92. The van der Waals surface area contributed by atoms with Gasteiger partial charge in [0.2, 0.25) is 0 Å². The second-order valence-corrected chi connectivity index (χ2v) is 4.94.